The molecule has 0 aliphatic carbocycles. The van der Waals surface area contributed by atoms with E-state index >= 15 is 0 Å². The molecule has 24 heavy (non-hydrogen) atoms. The van der Waals surface area contributed by atoms with Crippen LogP contribution in [0.2, 0.25) is 0 Å². The summed E-state index contributed by atoms with van der Waals surface area (Å²) in [5.41, 5.74) is 9.80. The first kappa shape index (κ1) is 14.5. The molecule has 116 valence electrons. The summed E-state index contributed by atoms with van der Waals surface area (Å²) in [6, 6.07) is 5.79. The van der Waals surface area contributed by atoms with E-state index in [9.17, 15) is 5.26 Å². The van der Waals surface area contributed by atoms with E-state index in [1.54, 1.807) is 6.07 Å². The fourth-order valence-electron chi connectivity index (χ4n) is 3.81. The van der Waals surface area contributed by atoms with E-state index in [1.807, 2.05) is 12.3 Å². The number of fused-ring (bicyclic) bond motifs is 5. The van der Waals surface area contributed by atoms with Crippen LogP contribution in [-0.2, 0) is 6.54 Å². The Labute approximate surface area is 141 Å². The zero-order chi connectivity index (χ0) is 17.2. The minimum absolute atomic E-state index is 0.507. The van der Waals surface area contributed by atoms with Gasteiger partial charge in [0.15, 0.2) is 12.2 Å². The van der Waals surface area contributed by atoms with E-state index in [4.69, 9.17) is 6.57 Å². The van der Waals surface area contributed by atoms with Gasteiger partial charge in [-0.15, -0.1) is 9.36 Å². The summed E-state index contributed by atoms with van der Waals surface area (Å²) < 4.78 is 4.33. The molecule has 2 aromatic carbocycles. The molecule has 4 rings (SSSR count). The maximum atomic E-state index is 9.45. The molecule has 0 unspecified atom stereocenters. The van der Waals surface area contributed by atoms with Gasteiger partial charge in [-0.3, -0.25) is 0 Å². The van der Waals surface area contributed by atoms with Gasteiger partial charge in [0.25, 0.3) is 0 Å². The lowest BCUT2D eigenvalue weighted by atomic mass is 9.92. The predicted octanol–water partition coefficient (Wildman–Crippen LogP) is 3.94. The summed E-state index contributed by atoms with van der Waals surface area (Å²) in [4.78, 5) is 3.54. The highest BCUT2D eigenvalue weighted by Crippen LogP contribution is 2.35. The van der Waals surface area contributed by atoms with Crippen LogP contribution < -0.4 is 4.68 Å². The van der Waals surface area contributed by atoms with Crippen LogP contribution in [0.15, 0.2) is 18.3 Å². The molecule has 4 heteroatoms. The van der Waals surface area contributed by atoms with E-state index in [-0.39, 0.29) is 0 Å². The molecule has 2 heterocycles. The third kappa shape index (κ3) is 1.63. The van der Waals surface area contributed by atoms with Crippen LogP contribution >= 0.6 is 0 Å². The summed E-state index contributed by atoms with van der Waals surface area (Å²) in [6.07, 6.45) is 2.03. The zero-order valence-electron chi connectivity index (χ0n) is 14.2. The number of hydrogen-bond donors (Lipinski definition) is 0. The van der Waals surface area contributed by atoms with Crippen molar-refractivity contribution in [2.45, 2.75) is 34.2 Å². The Kier molecular flexibility index (Phi) is 2.83. The zero-order valence-corrected chi connectivity index (χ0v) is 14.2. The summed E-state index contributed by atoms with van der Waals surface area (Å²) in [7, 11) is 0. The normalized spacial score (nSPS) is 11.9. The third-order valence-corrected chi connectivity index (χ3v) is 5.47. The van der Waals surface area contributed by atoms with Crippen LogP contribution in [0.1, 0.15) is 33.4 Å². The van der Waals surface area contributed by atoms with E-state index in [2.05, 4.69) is 48.0 Å². The van der Waals surface area contributed by atoms with Crippen molar-refractivity contribution >= 4 is 16.6 Å². The molecule has 4 nitrogen and oxygen atoms in total. The highest BCUT2D eigenvalue weighted by Gasteiger charge is 2.33. The number of rotatable bonds is 0. The quantitative estimate of drug-likeness (QED) is 0.358. The highest BCUT2D eigenvalue weighted by atomic mass is 15.4. The molecule has 1 aliphatic heterocycles. The minimum atomic E-state index is 0.507. The average molecular weight is 313 g/mol. The number of nitrogens with zero attached hydrogens (tertiary/aromatic N) is 4. The smallest absolute Gasteiger partial charge is 0.205 e. The SMILES string of the molecule is [C-]#[N+]c1cc(C#N)c2c[n+]3n(c2c1)-c1c(C)c(C)c(C)c(C)c1C3. The second-order valence-electron chi connectivity index (χ2n) is 6.52. The molecule has 3 aromatic rings. The number of benzene rings is 2. The lowest BCUT2D eigenvalue weighted by Gasteiger charge is -2.13. The number of hydrogen-bond acceptors (Lipinski definition) is 1. The Morgan fingerprint density at radius 3 is 2.50 bits per heavy atom. The Balaban J connectivity index is 2.17. The third-order valence-electron chi connectivity index (χ3n) is 5.47. The molecule has 0 N–H and O–H groups in total. The number of nitriles is 1. The van der Waals surface area contributed by atoms with Crippen molar-refractivity contribution in [2.24, 2.45) is 0 Å². The van der Waals surface area contributed by atoms with Crippen molar-refractivity contribution in [3.8, 4) is 11.8 Å². The van der Waals surface area contributed by atoms with Gasteiger partial charge >= 0.3 is 0 Å². The van der Waals surface area contributed by atoms with Crippen LogP contribution in [0, 0.1) is 45.6 Å². The van der Waals surface area contributed by atoms with E-state index < -0.39 is 0 Å². The standard InChI is InChI=1S/C20H17N4/c1-11-12(2)14(4)20-17(13(11)3)9-23-10-18-15(8-21)6-16(22-5)7-19(18)24(20)23/h6-7,10H,9H2,1-4H3/q+1. The Bertz CT molecular complexity index is 1130. The van der Waals surface area contributed by atoms with Crippen molar-refractivity contribution in [3.63, 3.8) is 0 Å². The predicted molar refractivity (Wildman–Crippen MR) is 92.5 cm³/mol. The molecule has 1 aromatic heterocycles. The molecule has 0 amide bonds. The molecular weight excluding hydrogens is 296 g/mol. The fourth-order valence-corrected chi connectivity index (χ4v) is 3.81. The summed E-state index contributed by atoms with van der Waals surface area (Å²) >= 11 is 0. The molecule has 0 bridgehead atoms. The lowest BCUT2D eigenvalue weighted by Crippen LogP contribution is -2.36. The van der Waals surface area contributed by atoms with Gasteiger partial charge in [-0.25, -0.2) is 4.85 Å². The van der Waals surface area contributed by atoms with Gasteiger partial charge in [-0.1, -0.05) is 0 Å². The largest absolute Gasteiger partial charge is 0.238 e. The van der Waals surface area contributed by atoms with Crippen LogP contribution in [-0.4, -0.2) is 4.68 Å². The van der Waals surface area contributed by atoms with Gasteiger partial charge in [-0.2, -0.15) is 5.26 Å². The molecule has 0 saturated heterocycles. The number of aromatic nitrogens is 2. The molecule has 0 fully saturated rings. The van der Waals surface area contributed by atoms with Crippen molar-refractivity contribution in [1.29, 1.82) is 5.26 Å². The van der Waals surface area contributed by atoms with Gasteiger partial charge in [-0.05, 0) is 62.1 Å². The van der Waals surface area contributed by atoms with Gasteiger partial charge in [0.05, 0.1) is 29.2 Å². The molecular formula is C20H17N4+. The van der Waals surface area contributed by atoms with Crippen LogP contribution in [0.5, 0.6) is 0 Å². The lowest BCUT2D eigenvalue weighted by molar-refractivity contribution is -0.749. The van der Waals surface area contributed by atoms with Crippen molar-refractivity contribution in [3.05, 3.63) is 63.1 Å². The van der Waals surface area contributed by atoms with Crippen LogP contribution in [0.4, 0.5) is 5.69 Å². The Hall–Kier alpha value is -3.11. The van der Waals surface area contributed by atoms with Crippen LogP contribution in [0.3, 0.4) is 0 Å². The summed E-state index contributed by atoms with van der Waals surface area (Å²) in [5, 5.41) is 10.4. The molecule has 1 aliphatic rings. The van der Waals surface area contributed by atoms with Gasteiger partial charge in [0.1, 0.15) is 11.2 Å². The highest BCUT2D eigenvalue weighted by molar-refractivity contribution is 5.89. The maximum absolute atomic E-state index is 9.45. The van der Waals surface area contributed by atoms with E-state index in [0.29, 0.717) is 11.3 Å². The first-order chi connectivity index (χ1) is 11.5. The van der Waals surface area contributed by atoms with Gasteiger partial charge in [0, 0.05) is 0 Å². The Morgan fingerprint density at radius 1 is 1.12 bits per heavy atom. The molecule has 0 spiro atoms. The van der Waals surface area contributed by atoms with Crippen LogP contribution in [0.25, 0.3) is 21.4 Å². The first-order valence-corrected chi connectivity index (χ1v) is 7.94. The molecule has 0 saturated carbocycles. The second-order valence-corrected chi connectivity index (χ2v) is 6.52. The average Bonchev–Trinajstić information content (AvgIpc) is 3.13. The molecule has 0 atom stereocenters. The topological polar surface area (TPSA) is 37.0 Å². The fraction of sp³-hybridized carbons (Fsp3) is 0.250. The van der Waals surface area contributed by atoms with Crippen molar-refractivity contribution in [1.82, 2.24) is 4.68 Å². The Morgan fingerprint density at radius 2 is 1.83 bits per heavy atom. The molecule has 0 radical (unpaired) electrons. The monoisotopic (exact) mass is 313 g/mol. The second kappa shape index (κ2) is 4.69. The van der Waals surface area contributed by atoms with Crippen molar-refractivity contribution < 1.29 is 4.68 Å². The minimum Gasteiger partial charge on any atom is -0.238 e. The van der Waals surface area contributed by atoms with Gasteiger partial charge < -0.3 is 0 Å². The van der Waals surface area contributed by atoms with Crippen molar-refractivity contribution in [2.75, 3.05) is 0 Å². The summed E-state index contributed by atoms with van der Waals surface area (Å²) in [6.45, 7) is 16.8. The first-order valence-electron chi connectivity index (χ1n) is 7.94. The van der Waals surface area contributed by atoms with Gasteiger partial charge in [0.2, 0.25) is 6.20 Å². The van der Waals surface area contributed by atoms with E-state index in [0.717, 1.165) is 17.4 Å². The van der Waals surface area contributed by atoms with E-state index in [1.165, 1.54) is 33.5 Å². The maximum Gasteiger partial charge on any atom is 0.205 e. The summed E-state index contributed by atoms with van der Waals surface area (Å²) in [5.74, 6) is 0.